The van der Waals surface area contributed by atoms with E-state index in [-0.39, 0.29) is 6.79 Å². The molecule has 0 unspecified atom stereocenters. The van der Waals surface area contributed by atoms with Gasteiger partial charge in [0.2, 0.25) is 6.79 Å². The zero-order valence-electron chi connectivity index (χ0n) is 6.61. The van der Waals surface area contributed by atoms with Gasteiger partial charge in [-0.3, -0.25) is 5.32 Å². The minimum absolute atomic E-state index is 0.133. The van der Waals surface area contributed by atoms with Crippen LogP contribution in [0.1, 0.15) is 0 Å². The fraction of sp³-hybridized carbons (Fsp3) is 0.125. The summed E-state index contributed by atoms with van der Waals surface area (Å²) < 4.78 is 10.1. The Balaban J connectivity index is 2.36. The topological polar surface area (TPSA) is 67.8 Å². The number of carboxylic acid groups (broad SMARTS) is 1. The summed E-state index contributed by atoms with van der Waals surface area (Å²) in [4.78, 5) is 10.4. The predicted octanol–water partition coefficient (Wildman–Crippen LogP) is 1.51. The molecule has 0 aromatic heterocycles. The summed E-state index contributed by atoms with van der Waals surface area (Å²) in [5, 5.41) is 10.7. The molecule has 5 nitrogen and oxygen atoms in total. The van der Waals surface area contributed by atoms with Gasteiger partial charge in [-0.2, -0.15) is 0 Å². The van der Waals surface area contributed by atoms with Gasteiger partial charge in [0.25, 0.3) is 0 Å². The van der Waals surface area contributed by atoms with Crippen molar-refractivity contribution in [1.82, 2.24) is 0 Å². The molecule has 5 heteroatoms. The van der Waals surface area contributed by atoms with E-state index in [4.69, 9.17) is 14.6 Å². The summed E-state index contributed by atoms with van der Waals surface area (Å²) in [5.74, 6) is 1.01. The highest BCUT2D eigenvalue weighted by atomic mass is 16.7. The lowest BCUT2D eigenvalue weighted by molar-refractivity contribution is 0.174. The third-order valence-electron chi connectivity index (χ3n) is 1.64. The maximum Gasteiger partial charge on any atom is 0.409 e. The van der Waals surface area contributed by atoms with Gasteiger partial charge in [-0.15, -0.1) is 0 Å². The minimum atomic E-state index is -1.12. The number of ether oxygens (including phenoxy) is 2. The average molecular weight is 181 g/mol. The maximum atomic E-state index is 10.4. The highest BCUT2D eigenvalue weighted by Gasteiger charge is 2.17. The summed E-state index contributed by atoms with van der Waals surface area (Å²) in [6.45, 7) is 0.133. The number of hydrogen-bond donors (Lipinski definition) is 2. The first kappa shape index (κ1) is 7.72. The van der Waals surface area contributed by atoms with E-state index >= 15 is 0 Å². The molecule has 1 amide bonds. The van der Waals surface area contributed by atoms with Crippen molar-refractivity contribution in [3.05, 3.63) is 18.2 Å². The van der Waals surface area contributed by atoms with Crippen LogP contribution in [0.5, 0.6) is 11.5 Å². The molecular weight excluding hydrogens is 174 g/mol. The van der Waals surface area contributed by atoms with Gasteiger partial charge in [0.15, 0.2) is 11.5 Å². The fourth-order valence-corrected chi connectivity index (χ4v) is 1.14. The third kappa shape index (κ3) is 1.35. The van der Waals surface area contributed by atoms with E-state index in [1.54, 1.807) is 18.2 Å². The SMILES string of the molecule is O=C(O)Nc1cccc2c1OCO2. The molecule has 0 saturated carbocycles. The molecule has 0 radical (unpaired) electrons. The number of hydrogen-bond acceptors (Lipinski definition) is 3. The Kier molecular flexibility index (Phi) is 1.70. The van der Waals surface area contributed by atoms with Crippen molar-refractivity contribution in [3.63, 3.8) is 0 Å². The zero-order valence-corrected chi connectivity index (χ0v) is 6.61. The molecule has 1 aromatic rings. The van der Waals surface area contributed by atoms with Crippen LogP contribution in [0.25, 0.3) is 0 Å². The molecule has 2 N–H and O–H groups in total. The fourth-order valence-electron chi connectivity index (χ4n) is 1.14. The lowest BCUT2D eigenvalue weighted by Crippen LogP contribution is -2.07. The van der Waals surface area contributed by atoms with Gasteiger partial charge in [0.1, 0.15) is 0 Å². The van der Waals surface area contributed by atoms with Crippen LogP contribution in [0, 0.1) is 0 Å². The molecule has 68 valence electrons. The molecule has 0 spiro atoms. The lowest BCUT2D eigenvalue weighted by atomic mass is 10.3. The number of anilines is 1. The van der Waals surface area contributed by atoms with E-state index in [1.165, 1.54) is 0 Å². The first-order valence-electron chi connectivity index (χ1n) is 3.66. The van der Waals surface area contributed by atoms with Crippen LogP contribution in [0.15, 0.2) is 18.2 Å². The van der Waals surface area contributed by atoms with E-state index in [0.717, 1.165) is 0 Å². The molecule has 0 bridgehead atoms. The first-order valence-corrected chi connectivity index (χ1v) is 3.66. The summed E-state index contributed by atoms with van der Waals surface area (Å²) >= 11 is 0. The average Bonchev–Trinajstić information content (AvgIpc) is 2.51. The number of rotatable bonds is 1. The standard InChI is InChI=1S/C8H7NO4/c10-8(11)9-5-2-1-3-6-7(5)13-4-12-6/h1-3,9H,4H2,(H,10,11). The normalized spacial score (nSPS) is 12.6. The van der Waals surface area contributed by atoms with Gasteiger partial charge >= 0.3 is 6.09 Å². The molecule has 1 aliphatic heterocycles. The summed E-state index contributed by atoms with van der Waals surface area (Å²) in [5.41, 5.74) is 0.405. The van der Waals surface area contributed by atoms with Gasteiger partial charge in [-0.1, -0.05) is 6.07 Å². The van der Waals surface area contributed by atoms with Crippen molar-refractivity contribution in [1.29, 1.82) is 0 Å². The van der Waals surface area contributed by atoms with Gasteiger partial charge in [0, 0.05) is 0 Å². The number of benzene rings is 1. The molecule has 13 heavy (non-hydrogen) atoms. The van der Waals surface area contributed by atoms with E-state index in [1.807, 2.05) is 0 Å². The molecule has 1 heterocycles. The monoisotopic (exact) mass is 181 g/mol. The highest BCUT2D eigenvalue weighted by molar-refractivity contribution is 5.86. The Morgan fingerprint density at radius 3 is 3.08 bits per heavy atom. The zero-order chi connectivity index (χ0) is 9.26. The molecular formula is C8H7NO4. The van der Waals surface area contributed by atoms with Gasteiger partial charge in [-0.25, -0.2) is 4.79 Å². The van der Waals surface area contributed by atoms with Crippen LogP contribution in [0.2, 0.25) is 0 Å². The lowest BCUT2D eigenvalue weighted by Gasteiger charge is -2.03. The molecule has 1 aromatic carbocycles. The van der Waals surface area contributed by atoms with E-state index < -0.39 is 6.09 Å². The number of para-hydroxylation sites is 1. The Hall–Kier alpha value is -1.91. The summed E-state index contributed by atoms with van der Waals surface area (Å²) in [6, 6.07) is 5.02. The summed E-state index contributed by atoms with van der Waals surface area (Å²) in [6.07, 6.45) is -1.12. The van der Waals surface area contributed by atoms with Crippen molar-refractivity contribution in [2.75, 3.05) is 12.1 Å². The molecule has 0 fully saturated rings. The number of nitrogens with one attached hydrogen (secondary N) is 1. The van der Waals surface area contributed by atoms with Crippen molar-refractivity contribution in [3.8, 4) is 11.5 Å². The Morgan fingerprint density at radius 2 is 2.31 bits per heavy atom. The second-order valence-electron chi connectivity index (χ2n) is 2.47. The van der Waals surface area contributed by atoms with E-state index in [9.17, 15) is 4.79 Å². The number of amides is 1. The highest BCUT2D eigenvalue weighted by Crippen LogP contribution is 2.38. The first-order chi connectivity index (χ1) is 6.27. The Labute approximate surface area is 73.9 Å². The van der Waals surface area contributed by atoms with E-state index in [0.29, 0.717) is 17.2 Å². The Morgan fingerprint density at radius 1 is 1.46 bits per heavy atom. The number of carbonyl (C=O) groups is 1. The van der Waals surface area contributed by atoms with Crippen LogP contribution in [-0.4, -0.2) is 18.0 Å². The van der Waals surface area contributed by atoms with Crippen LogP contribution >= 0.6 is 0 Å². The van der Waals surface area contributed by atoms with Crippen molar-refractivity contribution >= 4 is 11.8 Å². The summed E-state index contributed by atoms with van der Waals surface area (Å²) in [7, 11) is 0. The predicted molar refractivity (Wildman–Crippen MR) is 44.2 cm³/mol. The minimum Gasteiger partial charge on any atom is -0.465 e. The molecule has 1 aliphatic rings. The van der Waals surface area contributed by atoms with Crippen LogP contribution in [0.3, 0.4) is 0 Å². The Bertz CT molecular complexity index is 350. The van der Waals surface area contributed by atoms with Crippen LogP contribution in [0.4, 0.5) is 10.5 Å². The van der Waals surface area contributed by atoms with Gasteiger partial charge < -0.3 is 14.6 Å². The van der Waals surface area contributed by atoms with Crippen LogP contribution in [-0.2, 0) is 0 Å². The van der Waals surface area contributed by atoms with Gasteiger partial charge in [-0.05, 0) is 12.1 Å². The second-order valence-corrected chi connectivity index (χ2v) is 2.47. The smallest absolute Gasteiger partial charge is 0.409 e. The van der Waals surface area contributed by atoms with Crippen LogP contribution < -0.4 is 14.8 Å². The van der Waals surface area contributed by atoms with Crippen molar-refractivity contribution < 1.29 is 19.4 Å². The van der Waals surface area contributed by atoms with Gasteiger partial charge in [0.05, 0.1) is 5.69 Å². The molecule has 0 atom stereocenters. The maximum absolute atomic E-state index is 10.4. The molecule has 2 rings (SSSR count). The van der Waals surface area contributed by atoms with E-state index in [2.05, 4.69) is 5.32 Å². The number of fused-ring (bicyclic) bond motifs is 1. The second kappa shape index (κ2) is 2.85. The van der Waals surface area contributed by atoms with Crippen molar-refractivity contribution in [2.24, 2.45) is 0 Å². The largest absolute Gasteiger partial charge is 0.465 e. The third-order valence-corrected chi connectivity index (χ3v) is 1.64. The quantitative estimate of drug-likeness (QED) is 0.688. The molecule has 0 saturated heterocycles. The molecule has 0 aliphatic carbocycles. The van der Waals surface area contributed by atoms with Crippen molar-refractivity contribution in [2.45, 2.75) is 0 Å².